The molecule has 102 valence electrons. The first-order valence-electron chi connectivity index (χ1n) is 5.91. The van der Waals surface area contributed by atoms with Crippen LogP contribution < -0.4 is 0 Å². The van der Waals surface area contributed by atoms with Crippen LogP contribution >= 0.6 is 0 Å². The monoisotopic (exact) mass is 276 g/mol. The average molecular weight is 276 g/mol. The number of rotatable bonds is 3. The molecule has 20 heavy (non-hydrogen) atoms. The van der Waals surface area contributed by atoms with Crippen molar-refractivity contribution in [2.45, 2.75) is 6.18 Å². The molecule has 0 radical (unpaired) electrons. The van der Waals surface area contributed by atoms with E-state index >= 15 is 0 Å². The molecular weight excluding hydrogens is 265 g/mol. The number of aldehydes is 1. The second-order valence-electron chi connectivity index (χ2n) is 4.16. The summed E-state index contributed by atoms with van der Waals surface area (Å²) in [6.07, 6.45) is -2.39. The summed E-state index contributed by atoms with van der Waals surface area (Å²) < 4.78 is 37.6. The molecule has 0 spiro atoms. The van der Waals surface area contributed by atoms with Crippen molar-refractivity contribution in [3.8, 4) is 0 Å². The van der Waals surface area contributed by atoms with Gasteiger partial charge in [0.15, 0.2) is 0 Å². The van der Waals surface area contributed by atoms with E-state index in [-0.39, 0.29) is 0 Å². The summed E-state index contributed by atoms with van der Waals surface area (Å²) in [5, 5.41) is 0. The molecule has 0 aliphatic rings. The fourth-order valence-electron chi connectivity index (χ4n) is 1.88. The Hall–Kier alpha value is -2.36. The van der Waals surface area contributed by atoms with Gasteiger partial charge in [-0.3, -0.25) is 4.79 Å². The number of alkyl halides is 3. The Morgan fingerprint density at radius 3 is 1.90 bits per heavy atom. The molecule has 0 unspecified atom stereocenters. The van der Waals surface area contributed by atoms with Crippen molar-refractivity contribution in [1.82, 2.24) is 0 Å². The van der Waals surface area contributed by atoms with Gasteiger partial charge in [-0.1, -0.05) is 42.5 Å². The van der Waals surface area contributed by atoms with Crippen molar-refractivity contribution in [3.63, 3.8) is 0 Å². The van der Waals surface area contributed by atoms with E-state index in [0.29, 0.717) is 17.4 Å². The normalized spacial score (nSPS) is 12.2. The molecular formula is C16H11F3O. The Morgan fingerprint density at radius 2 is 1.40 bits per heavy atom. The Balaban J connectivity index is 2.42. The number of carbonyl (C=O) groups is 1. The first-order valence-corrected chi connectivity index (χ1v) is 5.91. The topological polar surface area (TPSA) is 17.1 Å². The van der Waals surface area contributed by atoms with Crippen molar-refractivity contribution < 1.29 is 18.0 Å². The molecule has 0 aliphatic heterocycles. The summed E-state index contributed by atoms with van der Waals surface area (Å²) in [6.45, 7) is 0. The lowest BCUT2D eigenvalue weighted by molar-refractivity contribution is -0.137. The molecule has 0 fully saturated rings. The SMILES string of the molecule is O=CC=C(c1ccccc1)c1ccc(C(F)(F)F)cc1. The molecule has 0 heterocycles. The Labute approximate surface area is 114 Å². The maximum atomic E-state index is 12.5. The number of hydrogen-bond acceptors (Lipinski definition) is 1. The third kappa shape index (κ3) is 3.15. The van der Waals surface area contributed by atoms with Crippen molar-refractivity contribution in [2.75, 3.05) is 0 Å². The maximum Gasteiger partial charge on any atom is 0.416 e. The largest absolute Gasteiger partial charge is 0.416 e. The highest BCUT2D eigenvalue weighted by molar-refractivity contribution is 5.89. The number of hydrogen-bond donors (Lipinski definition) is 0. The minimum Gasteiger partial charge on any atom is -0.299 e. The third-order valence-electron chi connectivity index (χ3n) is 2.84. The van der Waals surface area contributed by atoms with Crippen LogP contribution in [-0.2, 0) is 11.0 Å². The molecule has 2 aromatic rings. The van der Waals surface area contributed by atoms with Gasteiger partial charge in [-0.25, -0.2) is 0 Å². The molecule has 0 saturated heterocycles. The molecule has 0 bridgehead atoms. The summed E-state index contributed by atoms with van der Waals surface area (Å²) in [5.74, 6) is 0. The van der Waals surface area contributed by atoms with Gasteiger partial charge >= 0.3 is 6.18 Å². The van der Waals surface area contributed by atoms with E-state index in [9.17, 15) is 18.0 Å². The smallest absolute Gasteiger partial charge is 0.299 e. The van der Waals surface area contributed by atoms with Gasteiger partial charge in [-0.15, -0.1) is 0 Å². The van der Waals surface area contributed by atoms with Crippen molar-refractivity contribution in [3.05, 3.63) is 77.4 Å². The number of carbonyl (C=O) groups excluding carboxylic acids is 1. The maximum absolute atomic E-state index is 12.5. The molecule has 0 atom stereocenters. The van der Waals surface area contributed by atoms with E-state index in [1.54, 1.807) is 24.3 Å². The van der Waals surface area contributed by atoms with E-state index < -0.39 is 11.7 Å². The summed E-state index contributed by atoms with van der Waals surface area (Å²) in [6, 6.07) is 13.8. The van der Waals surface area contributed by atoms with Crippen LogP contribution in [0.1, 0.15) is 16.7 Å². The number of benzene rings is 2. The van der Waals surface area contributed by atoms with E-state index in [4.69, 9.17) is 0 Å². The van der Waals surface area contributed by atoms with Gasteiger partial charge in [0.1, 0.15) is 6.29 Å². The Kier molecular flexibility index (Phi) is 4.03. The van der Waals surface area contributed by atoms with Gasteiger partial charge in [0.05, 0.1) is 5.56 Å². The molecule has 2 rings (SSSR count). The highest BCUT2D eigenvalue weighted by atomic mass is 19.4. The molecule has 4 heteroatoms. The minimum absolute atomic E-state index is 0.566. The molecule has 0 aliphatic carbocycles. The van der Waals surface area contributed by atoms with Crippen LogP contribution in [0.2, 0.25) is 0 Å². The van der Waals surface area contributed by atoms with Crippen LogP contribution in [0.5, 0.6) is 0 Å². The van der Waals surface area contributed by atoms with Crippen LogP contribution in [0.25, 0.3) is 5.57 Å². The second kappa shape index (κ2) is 5.74. The predicted octanol–water partition coefficient (Wildman–Crippen LogP) is 4.34. The molecule has 1 nitrogen and oxygen atoms in total. The highest BCUT2D eigenvalue weighted by Crippen LogP contribution is 2.31. The minimum atomic E-state index is -4.36. The Morgan fingerprint density at radius 1 is 0.850 bits per heavy atom. The number of allylic oxidation sites excluding steroid dienone is 1. The fourth-order valence-corrected chi connectivity index (χ4v) is 1.88. The van der Waals surface area contributed by atoms with Gasteiger partial charge in [-0.2, -0.15) is 13.2 Å². The predicted molar refractivity (Wildman–Crippen MR) is 71.0 cm³/mol. The zero-order chi connectivity index (χ0) is 14.6. The van der Waals surface area contributed by atoms with Gasteiger partial charge in [0.2, 0.25) is 0 Å². The van der Waals surface area contributed by atoms with Crippen molar-refractivity contribution >= 4 is 11.9 Å². The molecule has 0 N–H and O–H groups in total. The van der Waals surface area contributed by atoms with Crippen LogP contribution in [0.3, 0.4) is 0 Å². The average Bonchev–Trinajstić information content (AvgIpc) is 2.45. The van der Waals surface area contributed by atoms with Crippen LogP contribution in [0, 0.1) is 0 Å². The first kappa shape index (κ1) is 14.1. The van der Waals surface area contributed by atoms with Gasteiger partial charge in [0, 0.05) is 0 Å². The van der Waals surface area contributed by atoms with E-state index in [0.717, 1.165) is 17.7 Å². The van der Waals surface area contributed by atoms with Gasteiger partial charge in [0.25, 0.3) is 0 Å². The van der Waals surface area contributed by atoms with E-state index in [1.807, 2.05) is 6.07 Å². The highest BCUT2D eigenvalue weighted by Gasteiger charge is 2.30. The van der Waals surface area contributed by atoms with Gasteiger partial charge < -0.3 is 0 Å². The van der Waals surface area contributed by atoms with Crippen molar-refractivity contribution in [1.29, 1.82) is 0 Å². The Bertz CT molecular complexity index is 610. The summed E-state index contributed by atoms with van der Waals surface area (Å²) >= 11 is 0. The third-order valence-corrected chi connectivity index (χ3v) is 2.84. The zero-order valence-electron chi connectivity index (χ0n) is 10.4. The molecule has 0 amide bonds. The second-order valence-corrected chi connectivity index (χ2v) is 4.16. The molecule has 0 saturated carbocycles. The van der Waals surface area contributed by atoms with Crippen LogP contribution in [0.4, 0.5) is 13.2 Å². The molecule has 2 aromatic carbocycles. The number of halogens is 3. The van der Waals surface area contributed by atoms with Gasteiger partial charge in [-0.05, 0) is 34.9 Å². The first-order chi connectivity index (χ1) is 9.52. The summed E-state index contributed by atoms with van der Waals surface area (Å²) in [7, 11) is 0. The van der Waals surface area contributed by atoms with Crippen LogP contribution in [-0.4, -0.2) is 6.29 Å². The van der Waals surface area contributed by atoms with Crippen molar-refractivity contribution in [2.24, 2.45) is 0 Å². The standard InChI is InChI=1S/C16H11F3O/c17-16(18,19)14-8-6-13(7-9-14)15(10-11-20)12-4-2-1-3-5-12/h1-11H. The lowest BCUT2D eigenvalue weighted by Crippen LogP contribution is -2.04. The summed E-state index contributed by atoms with van der Waals surface area (Å²) in [5.41, 5.74) is 1.23. The zero-order valence-corrected chi connectivity index (χ0v) is 10.4. The lowest BCUT2D eigenvalue weighted by Gasteiger charge is -2.10. The summed E-state index contributed by atoms with van der Waals surface area (Å²) in [4.78, 5) is 10.7. The lowest BCUT2D eigenvalue weighted by atomic mass is 9.97. The fraction of sp³-hybridized carbons (Fsp3) is 0.0625. The quantitative estimate of drug-likeness (QED) is 0.602. The van der Waals surface area contributed by atoms with Crippen LogP contribution in [0.15, 0.2) is 60.7 Å². The molecule has 0 aromatic heterocycles. The van der Waals surface area contributed by atoms with E-state index in [1.165, 1.54) is 18.2 Å². The van der Waals surface area contributed by atoms with E-state index in [2.05, 4.69) is 0 Å².